The standard InChI is InChI=1S/C12H24N2O/c1-4-10-5-6-14(8-10)12(15)7-11(13)9(2)3/h9-11H,4-8,13H2,1-3H3. The van der Waals surface area contributed by atoms with Crippen LogP contribution in [-0.4, -0.2) is 29.9 Å². The van der Waals surface area contributed by atoms with Crippen molar-refractivity contribution in [3.63, 3.8) is 0 Å². The lowest BCUT2D eigenvalue weighted by molar-refractivity contribution is -0.130. The number of hydrogen-bond acceptors (Lipinski definition) is 2. The van der Waals surface area contributed by atoms with E-state index in [-0.39, 0.29) is 11.9 Å². The lowest BCUT2D eigenvalue weighted by Gasteiger charge is -2.20. The van der Waals surface area contributed by atoms with Crippen LogP contribution in [0, 0.1) is 11.8 Å². The molecule has 1 aliphatic heterocycles. The molecule has 0 radical (unpaired) electrons. The third kappa shape index (κ3) is 3.49. The zero-order valence-corrected chi connectivity index (χ0v) is 10.2. The molecule has 1 saturated heterocycles. The maximum atomic E-state index is 11.9. The van der Waals surface area contributed by atoms with Gasteiger partial charge in [-0.05, 0) is 18.3 Å². The van der Waals surface area contributed by atoms with Gasteiger partial charge in [0.15, 0.2) is 0 Å². The van der Waals surface area contributed by atoms with Gasteiger partial charge in [-0.3, -0.25) is 4.79 Å². The predicted octanol–water partition coefficient (Wildman–Crippen LogP) is 1.62. The van der Waals surface area contributed by atoms with Gasteiger partial charge in [-0.2, -0.15) is 0 Å². The number of nitrogens with zero attached hydrogens (tertiary/aromatic N) is 1. The second-order valence-corrected chi connectivity index (χ2v) is 5.01. The molecule has 0 aromatic carbocycles. The van der Waals surface area contributed by atoms with E-state index in [1.165, 1.54) is 12.8 Å². The molecule has 3 heteroatoms. The fourth-order valence-electron chi connectivity index (χ4n) is 1.96. The third-order valence-corrected chi connectivity index (χ3v) is 3.48. The Hall–Kier alpha value is -0.570. The molecule has 2 N–H and O–H groups in total. The van der Waals surface area contributed by atoms with Gasteiger partial charge in [0.1, 0.15) is 0 Å². The molecule has 0 aromatic heterocycles. The van der Waals surface area contributed by atoms with Crippen molar-refractivity contribution in [2.75, 3.05) is 13.1 Å². The van der Waals surface area contributed by atoms with E-state index in [1.54, 1.807) is 0 Å². The summed E-state index contributed by atoms with van der Waals surface area (Å²) < 4.78 is 0. The van der Waals surface area contributed by atoms with Crippen LogP contribution in [0.5, 0.6) is 0 Å². The normalized spacial score (nSPS) is 23.5. The summed E-state index contributed by atoms with van der Waals surface area (Å²) in [7, 11) is 0. The van der Waals surface area contributed by atoms with Crippen molar-refractivity contribution in [3.05, 3.63) is 0 Å². The maximum absolute atomic E-state index is 11.9. The molecule has 88 valence electrons. The lowest BCUT2D eigenvalue weighted by Crippen LogP contribution is -2.36. The zero-order valence-electron chi connectivity index (χ0n) is 10.2. The molecule has 0 spiro atoms. The van der Waals surface area contributed by atoms with Crippen LogP contribution in [0.15, 0.2) is 0 Å². The second-order valence-electron chi connectivity index (χ2n) is 5.01. The lowest BCUT2D eigenvalue weighted by atomic mass is 10.0. The summed E-state index contributed by atoms with van der Waals surface area (Å²) in [5.41, 5.74) is 5.90. The molecule has 1 fully saturated rings. The number of rotatable bonds is 4. The molecule has 0 aromatic rings. The molecule has 2 unspecified atom stereocenters. The van der Waals surface area contributed by atoms with E-state index in [0.29, 0.717) is 18.3 Å². The van der Waals surface area contributed by atoms with Crippen LogP contribution >= 0.6 is 0 Å². The Morgan fingerprint density at radius 2 is 2.20 bits per heavy atom. The van der Waals surface area contributed by atoms with E-state index in [4.69, 9.17) is 5.73 Å². The van der Waals surface area contributed by atoms with Crippen molar-refractivity contribution >= 4 is 5.91 Å². The van der Waals surface area contributed by atoms with Crippen LogP contribution in [-0.2, 0) is 4.79 Å². The summed E-state index contributed by atoms with van der Waals surface area (Å²) in [6.45, 7) is 8.20. The Morgan fingerprint density at radius 3 is 2.67 bits per heavy atom. The molecule has 0 saturated carbocycles. The van der Waals surface area contributed by atoms with E-state index < -0.39 is 0 Å². The fourth-order valence-corrected chi connectivity index (χ4v) is 1.96. The predicted molar refractivity (Wildman–Crippen MR) is 62.4 cm³/mol. The number of hydrogen-bond donors (Lipinski definition) is 1. The van der Waals surface area contributed by atoms with Crippen LogP contribution in [0.25, 0.3) is 0 Å². The Morgan fingerprint density at radius 1 is 1.53 bits per heavy atom. The zero-order chi connectivity index (χ0) is 11.4. The summed E-state index contributed by atoms with van der Waals surface area (Å²) >= 11 is 0. The third-order valence-electron chi connectivity index (χ3n) is 3.48. The van der Waals surface area contributed by atoms with Crippen LogP contribution < -0.4 is 5.73 Å². The van der Waals surface area contributed by atoms with E-state index in [0.717, 1.165) is 13.1 Å². The molecule has 0 aliphatic carbocycles. The highest BCUT2D eigenvalue weighted by molar-refractivity contribution is 5.77. The average molecular weight is 212 g/mol. The van der Waals surface area contributed by atoms with Gasteiger partial charge in [0.05, 0.1) is 0 Å². The second kappa shape index (κ2) is 5.50. The highest BCUT2D eigenvalue weighted by atomic mass is 16.2. The molecule has 1 rings (SSSR count). The average Bonchev–Trinajstić information content (AvgIpc) is 2.65. The van der Waals surface area contributed by atoms with Crippen molar-refractivity contribution < 1.29 is 4.79 Å². The molecule has 2 atom stereocenters. The molecular weight excluding hydrogens is 188 g/mol. The number of carbonyl (C=O) groups is 1. The monoisotopic (exact) mass is 212 g/mol. The van der Waals surface area contributed by atoms with Crippen molar-refractivity contribution in [1.29, 1.82) is 0 Å². The topological polar surface area (TPSA) is 46.3 Å². The SMILES string of the molecule is CCC1CCN(C(=O)CC(N)C(C)C)C1. The van der Waals surface area contributed by atoms with E-state index >= 15 is 0 Å². The van der Waals surface area contributed by atoms with E-state index in [9.17, 15) is 4.79 Å². The van der Waals surface area contributed by atoms with Gasteiger partial charge in [-0.25, -0.2) is 0 Å². The van der Waals surface area contributed by atoms with E-state index in [2.05, 4.69) is 20.8 Å². The van der Waals surface area contributed by atoms with Crippen molar-refractivity contribution in [3.8, 4) is 0 Å². The maximum Gasteiger partial charge on any atom is 0.224 e. The summed E-state index contributed by atoms with van der Waals surface area (Å²) in [5.74, 6) is 1.34. The molecule has 1 amide bonds. The first-order chi connectivity index (χ1) is 7.04. The van der Waals surface area contributed by atoms with Gasteiger partial charge < -0.3 is 10.6 Å². The van der Waals surface area contributed by atoms with Gasteiger partial charge >= 0.3 is 0 Å². The minimum Gasteiger partial charge on any atom is -0.342 e. The van der Waals surface area contributed by atoms with Crippen LogP contribution in [0.1, 0.15) is 40.0 Å². The Kier molecular flexibility index (Phi) is 4.58. The number of likely N-dealkylation sites (tertiary alicyclic amines) is 1. The quantitative estimate of drug-likeness (QED) is 0.769. The van der Waals surface area contributed by atoms with E-state index in [1.807, 2.05) is 4.90 Å². The smallest absolute Gasteiger partial charge is 0.224 e. The number of amides is 1. The van der Waals surface area contributed by atoms with Crippen LogP contribution in [0.4, 0.5) is 0 Å². The molecule has 1 heterocycles. The fraction of sp³-hybridized carbons (Fsp3) is 0.917. The van der Waals surface area contributed by atoms with Crippen LogP contribution in [0.3, 0.4) is 0 Å². The first kappa shape index (κ1) is 12.5. The van der Waals surface area contributed by atoms with Crippen LogP contribution in [0.2, 0.25) is 0 Å². The molecule has 1 aliphatic rings. The minimum absolute atomic E-state index is 0.0122. The minimum atomic E-state index is 0.0122. The molecule has 0 bridgehead atoms. The van der Waals surface area contributed by atoms with Crippen molar-refractivity contribution in [2.45, 2.75) is 46.1 Å². The molecule has 15 heavy (non-hydrogen) atoms. The molecular formula is C12H24N2O. The van der Waals surface area contributed by atoms with Crippen molar-refractivity contribution in [1.82, 2.24) is 4.90 Å². The van der Waals surface area contributed by atoms with Gasteiger partial charge in [-0.15, -0.1) is 0 Å². The highest BCUT2D eigenvalue weighted by Crippen LogP contribution is 2.20. The highest BCUT2D eigenvalue weighted by Gasteiger charge is 2.26. The summed E-state index contributed by atoms with van der Waals surface area (Å²) in [6.07, 6.45) is 2.85. The summed E-state index contributed by atoms with van der Waals surface area (Å²) in [4.78, 5) is 13.9. The molecule has 3 nitrogen and oxygen atoms in total. The first-order valence-corrected chi connectivity index (χ1v) is 6.08. The largest absolute Gasteiger partial charge is 0.342 e. The number of carbonyl (C=O) groups excluding carboxylic acids is 1. The first-order valence-electron chi connectivity index (χ1n) is 6.08. The van der Waals surface area contributed by atoms with Gasteiger partial charge in [0, 0.05) is 25.6 Å². The van der Waals surface area contributed by atoms with Gasteiger partial charge in [-0.1, -0.05) is 27.2 Å². The number of nitrogens with two attached hydrogens (primary N) is 1. The van der Waals surface area contributed by atoms with Gasteiger partial charge in [0.25, 0.3) is 0 Å². The van der Waals surface area contributed by atoms with Crippen molar-refractivity contribution in [2.24, 2.45) is 17.6 Å². The summed E-state index contributed by atoms with van der Waals surface area (Å²) in [6, 6.07) is 0.0122. The Balaban J connectivity index is 2.35. The Bertz CT molecular complexity index is 216. The Labute approximate surface area is 93.0 Å². The van der Waals surface area contributed by atoms with Gasteiger partial charge in [0.2, 0.25) is 5.91 Å². The summed E-state index contributed by atoms with van der Waals surface area (Å²) in [5, 5.41) is 0.